The number of hydrogen-bond donors (Lipinski definition) is 1. The summed E-state index contributed by atoms with van der Waals surface area (Å²) < 4.78 is 16.3. The summed E-state index contributed by atoms with van der Waals surface area (Å²) in [5.74, 6) is 0.984. The van der Waals surface area contributed by atoms with E-state index in [1.807, 2.05) is 19.1 Å². The molecule has 0 spiro atoms. The van der Waals surface area contributed by atoms with Gasteiger partial charge in [-0.1, -0.05) is 22.9 Å². The molecule has 0 saturated carbocycles. The van der Waals surface area contributed by atoms with Gasteiger partial charge in [0.1, 0.15) is 6.04 Å². The van der Waals surface area contributed by atoms with E-state index in [9.17, 15) is 4.79 Å². The number of halogens is 1. The van der Waals surface area contributed by atoms with Gasteiger partial charge in [-0.3, -0.25) is 0 Å². The molecule has 1 N–H and O–H groups in total. The molecule has 18 heavy (non-hydrogen) atoms. The lowest BCUT2D eigenvalue weighted by molar-refractivity contribution is -0.141. The van der Waals surface area contributed by atoms with E-state index >= 15 is 0 Å². The van der Waals surface area contributed by atoms with Gasteiger partial charge in [-0.2, -0.15) is 0 Å². The Morgan fingerprint density at radius 2 is 2.33 bits per heavy atom. The van der Waals surface area contributed by atoms with Gasteiger partial charge in [-0.15, -0.1) is 0 Å². The average molecular weight is 316 g/mol. The third-order valence-electron chi connectivity index (χ3n) is 2.66. The van der Waals surface area contributed by atoms with E-state index < -0.39 is 6.04 Å². The van der Waals surface area contributed by atoms with Crippen LogP contribution in [0.1, 0.15) is 13.3 Å². The van der Waals surface area contributed by atoms with Crippen molar-refractivity contribution in [3.05, 3.63) is 16.6 Å². The third-order valence-corrected chi connectivity index (χ3v) is 3.12. The van der Waals surface area contributed by atoms with Gasteiger partial charge in [-0.25, -0.2) is 4.79 Å². The number of carbonyl (C=O) groups is 1. The van der Waals surface area contributed by atoms with Gasteiger partial charge < -0.3 is 19.5 Å². The molecule has 1 heterocycles. The van der Waals surface area contributed by atoms with Crippen molar-refractivity contribution in [2.75, 3.05) is 19.2 Å². The number of rotatable bonds is 4. The van der Waals surface area contributed by atoms with Gasteiger partial charge in [0, 0.05) is 4.47 Å². The quantitative estimate of drug-likeness (QED) is 0.865. The molecule has 1 aliphatic rings. The van der Waals surface area contributed by atoms with Crippen molar-refractivity contribution in [3.8, 4) is 11.5 Å². The molecule has 0 aliphatic carbocycles. The summed E-state index contributed by atoms with van der Waals surface area (Å²) in [4.78, 5) is 11.6. The number of benzene rings is 1. The molecule has 1 aromatic carbocycles. The van der Waals surface area contributed by atoms with Crippen molar-refractivity contribution in [2.24, 2.45) is 0 Å². The van der Waals surface area contributed by atoms with Crippen LogP contribution in [0.2, 0.25) is 0 Å². The summed E-state index contributed by atoms with van der Waals surface area (Å²) in [5.41, 5.74) is 0.717. The number of ether oxygens (including phenoxy) is 3. The number of esters is 1. The number of anilines is 1. The highest BCUT2D eigenvalue weighted by Gasteiger charge is 2.23. The van der Waals surface area contributed by atoms with E-state index in [0.29, 0.717) is 23.6 Å². The minimum Gasteiger partial charge on any atom is -0.467 e. The summed E-state index contributed by atoms with van der Waals surface area (Å²) in [6, 6.07) is 3.27. The Morgan fingerprint density at radius 1 is 1.56 bits per heavy atom. The van der Waals surface area contributed by atoms with Gasteiger partial charge >= 0.3 is 5.97 Å². The van der Waals surface area contributed by atoms with Crippen molar-refractivity contribution < 1.29 is 19.0 Å². The first-order valence-electron chi connectivity index (χ1n) is 5.59. The van der Waals surface area contributed by atoms with Crippen LogP contribution >= 0.6 is 15.9 Å². The van der Waals surface area contributed by atoms with Crippen LogP contribution in [0.3, 0.4) is 0 Å². The summed E-state index contributed by atoms with van der Waals surface area (Å²) >= 11 is 3.39. The molecule has 0 bridgehead atoms. The Morgan fingerprint density at radius 3 is 3.00 bits per heavy atom. The van der Waals surface area contributed by atoms with Gasteiger partial charge in [0.25, 0.3) is 0 Å². The van der Waals surface area contributed by atoms with Crippen LogP contribution < -0.4 is 14.8 Å². The van der Waals surface area contributed by atoms with Gasteiger partial charge in [0.2, 0.25) is 6.79 Å². The summed E-state index contributed by atoms with van der Waals surface area (Å²) in [7, 11) is 1.37. The van der Waals surface area contributed by atoms with Crippen molar-refractivity contribution in [2.45, 2.75) is 19.4 Å². The van der Waals surface area contributed by atoms with Crippen LogP contribution in [0.5, 0.6) is 11.5 Å². The van der Waals surface area contributed by atoms with E-state index in [-0.39, 0.29) is 12.8 Å². The highest BCUT2D eigenvalue weighted by atomic mass is 79.9. The highest BCUT2D eigenvalue weighted by Crippen LogP contribution is 2.42. The van der Waals surface area contributed by atoms with E-state index in [4.69, 9.17) is 14.2 Å². The van der Waals surface area contributed by atoms with Crippen molar-refractivity contribution >= 4 is 27.6 Å². The molecule has 1 unspecified atom stereocenters. The van der Waals surface area contributed by atoms with Crippen LogP contribution in [0.25, 0.3) is 0 Å². The molecular formula is C12H14BrNO4. The fourth-order valence-electron chi connectivity index (χ4n) is 1.74. The maximum Gasteiger partial charge on any atom is 0.328 e. The lowest BCUT2D eigenvalue weighted by atomic mass is 10.2. The molecule has 1 atom stereocenters. The monoisotopic (exact) mass is 315 g/mol. The Bertz CT molecular complexity index is 464. The van der Waals surface area contributed by atoms with Crippen molar-refractivity contribution in [1.82, 2.24) is 0 Å². The fraction of sp³-hybridized carbons (Fsp3) is 0.417. The van der Waals surface area contributed by atoms with E-state index in [0.717, 1.165) is 4.47 Å². The molecule has 6 heteroatoms. The standard InChI is InChI=1S/C12H14BrNO4/c1-3-8(12(15)16-2)14-9-4-7(13)5-10-11(9)18-6-17-10/h4-5,8,14H,3,6H2,1-2H3. The average Bonchev–Trinajstić information content (AvgIpc) is 2.82. The first-order chi connectivity index (χ1) is 8.65. The van der Waals surface area contributed by atoms with Gasteiger partial charge in [-0.05, 0) is 18.6 Å². The van der Waals surface area contributed by atoms with Crippen LogP contribution in [0.4, 0.5) is 5.69 Å². The maximum absolute atomic E-state index is 11.6. The number of hydrogen-bond acceptors (Lipinski definition) is 5. The van der Waals surface area contributed by atoms with E-state index in [1.54, 1.807) is 0 Å². The molecule has 0 fully saturated rings. The zero-order valence-electron chi connectivity index (χ0n) is 10.2. The Hall–Kier alpha value is -1.43. The minimum absolute atomic E-state index is 0.190. The van der Waals surface area contributed by atoms with Crippen LogP contribution in [0, 0.1) is 0 Å². The number of fused-ring (bicyclic) bond motifs is 1. The third kappa shape index (κ3) is 2.53. The second-order valence-electron chi connectivity index (χ2n) is 3.82. The van der Waals surface area contributed by atoms with Gasteiger partial charge in [0.05, 0.1) is 12.8 Å². The summed E-state index contributed by atoms with van der Waals surface area (Å²) in [6.07, 6.45) is 0.620. The second kappa shape index (κ2) is 5.48. The molecule has 98 valence electrons. The summed E-state index contributed by atoms with van der Waals surface area (Å²) in [6.45, 7) is 2.10. The van der Waals surface area contributed by atoms with E-state index in [2.05, 4.69) is 21.2 Å². The molecule has 1 aliphatic heterocycles. The topological polar surface area (TPSA) is 56.8 Å². The van der Waals surface area contributed by atoms with Crippen LogP contribution in [-0.4, -0.2) is 25.9 Å². The SMILES string of the molecule is CCC(Nc1cc(Br)cc2c1OCO2)C(=O)OC. The zero-order chi connectivity index (χ0) is 13.1. The molecule has 0 amide bonds. The fourth-order valence-corrected chi connectivity index (χ4v) is 2.18. The molecular weight excluding hydrogens is 302 g/mol. The highest BCUT2D eigenvalue weighted by molar-refractivity contribution is 9.10. The van der Waals surface area contributed by atoms with Gasteiger partial charge in [0.15, 0.2) is 11.5 Å². The first kappa shape index (κ1) is 13.0. The number of methoxy groups -OCH3 is 1. The largest absolute Gasteiger partial charge is 0.467 e. The Kier molecular flexibility index (Phi) is 3.96. The number of carbonyl (C=O) groups excluding carboxylic acids is 1. The molecule has 5 nitrogen and oxygen atoms in total. The number of nitrogens with one attached hydrogen (secondary N) is 1. The first-order valence-corrected chi connectivity index (χ1v) is 6.38. The molecule has 0 radical (unpaired) electrons. The lowest BCUT2D eigenvalue weighted by Crippen LogP contribution is -2.29. The normalized spacial score (nSPS) is 14.2. The second-order valence-corrected chi connectivity index (χ2v) is 4.73. The van der Waals surface area contributed by atoms with Crippen LogP contribution in [-0.2, 0) is 9.53 Å². The Balaban J connectivity index is 2.26. The lowest BCUT2D eigenvalue weighted by Gasteiger charge is -2.17. The predicted octanol–water partition coefficient (Wildman–Crippen LogP) is 2.54. The smallest absolute Gasteiger partial charge is 0.328 e. The minimum atomic E-state index is -0.405. The zero-order valence-corrected chi connectivity index (χ0v) is 11.7. The Labute approximate surface area is 114 Å². The van der Waals surface area contributed by atoms with Crippen LogP contribution in [0.15, 0.2) is 16.6 Å². The predicted molar refractivity (Wildman–Crippen MR) is 70.0 cm³/mol. The van der Waals surface area contributed by atoms with Crippen molar-refractivity contribution in [3.63, 3.8) is 0 Å². The summed E-state index contributed by atoms with van der Waals surface area (Å²) in [5, 5.41) is 3.11. The molecule has 0 saturated heterocycles. The molecule has 2 rings (SSSR count). The van der Waals surface area contributed by atoms with E-state index in [1.165, 1.54) is 7.11 Å². The molecule has 1 aromatic rings. The molecule has 0 aromatic heterocycles. The van der Waals surface area contributed by atoms with Crippen molar-refractivity contribution in [1.29, 1.82) is 0 Å². The maximum atomic E-state index is 11.6.